The highest BCUT2D eigenvalue weighted by Gasteiger charge is 2.01. The van der Waals surface area contributed by atoms with E-state index in [9.17, 15) is 9.59 Å². The average molecular weight is 391 g/mol. The Morgan fingerprint density at radius 1 is 1.21 bits per heavy atom. The van der Waals surface area contributed by atoms with E-state index in [1.54, 1.807) is 6.07 Å². The van der Waals surface area contributed by atoms with Crippen LogP contribution in [0.3, 0.4) is 0 Å². The fraction of sp³-hybridized carbons (Fsp3) is 0.158. The second-order valence-electron chi connectivity index (χ2n) is 4.61. The summed E-state index contributed by atoms with van der Waals surface area (Å²) in [6.45, 7) is 3.76. The molecule has 0 aromatic heterocycles. The molecular formula is C19H19BrO4. The summed E-state index contributed by atoms with van der Waals surface area (Å²) in [6.07, 6.45) is 2.78. The standard InChI is InChI=1S/C15H13BrO2.C4H6O2/c16-15-7-6-14(10-13(15)11-17)18-9-8-12-4-2-1-3-5-12;1-3-4(5)6-2/h1-7,10-11H,8-9H2;3H,1H2,2H3. The molecule has 5 heteroatoms. The molecule has 4 nitrogen and oxygen atoms in total. The van der Waals surface area contributed by atoms with Gasteiger partial charge in [0.15, 0.2) is 6.29 Å². The molecule has 2 aromatic rings. The molecule has 24 heavy (non-hydrogen) atoms. The van der Waals surface area contributed by atoms with Crippen molar-refractivity contribution in [1.82, 2.24) is 0 Å². The maximum atomic E-state index is 10.8. The molecule has 0 fully saturated rings. The van der Waals surface area contributed by atoms with Crippen LogP contribution in [0.25, 0.3) is 0 Å². The molecule has 0 aliphatic heterocycles. The van der Waals surface area contributed by atoms with Crippen LogP contribution in [0.5, 0.6) is 5.75 Å². The van der Waals surface area contributed by atoms with Gasteiger partial charge in [0.25, 0.3) is 0 Å². The minimum absolute atomic E-state index is 0.394. The third kappa shape index (κ3) is 7.24. The minimum Gasteiger partial charge on any atom is -0.493 e. The Morgan fingerprint density at radius 2 is 1.92 bits per heavy atom. The van der Waals surface area contributed by atoms with Crippen molar-refractivity contribution in [1.29, 1.82) is 0 Å². The van der Waals surface area contributed by atoms with Crippen LogP contribution in [0.15, 0.2) is 65.7 Å². The van der Waals surface area contributed by atoms with Gasteiger partial charge in [-0.25, -0.2) is 4.79 Å². The number of methoxy groups -OCH3 is 1. The zero-order chi connectivity index (χ0) is 17.8. The van der Waals surface area contributed by atoms with Crippen molar-refractivity contribution in [3.8, 4) is 5.75 Å². The molecule has 2 aromatic carbocycles. The molecule has 0 amide bonds. The summed E-state index contributed by atoms with van der Waals surface area (Å²) in [6, 6.07) is 15.6. The molecule has 0 bridgehead atoms. The number of aldehydes is 1. The van der Waals surface area contributed by atoms with Crippen molar-refractivity contribution in [3.63, 3.8) is 0 Å². The Kier molecular flexibility index (Phi) is 9.16. The van der Waals surface area contributed by atoms with Crippen LogP contribution in [-0.4, -0.2) is 26.0 Å². The van der Waals surface area contributed by atoms with E-state index in [4.69, 9.17) is 4.74 Å². The molecule has 0 saturated heterocycles. The fourth-order valence-corrected chi connectivity index (χ4v) is 2.06. The summed E-state index contributed by atoms with van der Waals surface area (Å²) in [7, 11) is 1.31. The minimum atomic E-state index is -0.394. The highest BCUT2D eigenvalue weighted by molar-refractivity contribution is 9.10. The Morgan fingerprint density at radius 3 is 2.46 bits per heavy atom. The Bertz CT molecular complexity index is 668. The quantitative estimate of drug-likeness (QED) is 0.420. The van der Waals surface area contributed by atoms with Crippen LogP contribution in [0.4, 0.5) is 0 Å². The van der Waals surface area contributed by atoms with Gasteiger partial charge >= 0.3 is 5.97 Å². The number of carbonyl (C=O) groups excluding carboxylic acids is 2. The fourth-order valence-electron chi connectivity index (χ4n) is 1.72. The van der Waals surface area contributed by atoms with Crippen molar-refractivity contribution in [2.75, 3.05) is 13.7 Å². The van der Waals surface area contributed by atoms with Gasteiger partial charge in [-0.3, -0.25) is 4.79 Å². The molecule has 0 spiro atoms. The average Bonchev–Trinajstić information content (AvgIpc) is 2.63. The van der Waals surface area contributed by atoms with Gasteiger partial charge in [0.05, 0.1) is 13.7 Å². The van der Waals surface area contributed by atoms with Crippen molar-refractivity contribution >= 4 is 28.2 Å². The van der Waals surface area contributed by atoms with E-state index < -0.39 is 5.97 Å². The molecule has 0 unspecified atom stereocenters. The largest absolute Gasteiger partial charge is 0.493 e. The summed E-state index contributed by atoms with van der Waals surface area (Å²) in [5, 5.41) is 0. The first-order valence-corrected chi connectivity index (χ1v) is 8.01. The van der Waals surface area contributed by atoms with Crippen molar-refractivity contribution in [2.24, 2.45) is 0 Å². The number of hydrogen-bond acceptors (Lipinski definition) is 4. The Labute approximate surface area is 150 Å². The second-order valence-corrected chi connectivity index (χ2v) is 5.47. The monoisotopic (exact) mass is 390 g/mol. The predicted molar refractivity (Wildman–Crippen MR) is 97.4 cm³/mol. The van der Waals surface area contributed by atoms with Crippen LogP contribution in [0, 0.1) is 0 Å². The summed E-state index contributed by atoms with van der Waals surface area (Å²) >= 11 is 3.31. The lowest BCUT2D eigenvalue weighted by Crippen LogP contribution is -2.01. The van der Waals surface area contributed by atoms with Gasteiger partial charge in [0.2, 0.25) is 0 Å². The molecule has 0 atom stereocenters. The molecule has 2 rings (SSSR count). The second kappa shape index (κ2) is 11.2. The van der Waals surface area contributed by atoms with Crippen LogP contribution in [-0.2, 0) is 16.0 Å². The number of ether oxygens (including phenoxy) is 2. The summed E-state index contributed by atoms with van der Waals surface area (Å²) in [5.74, 6) is 0.325. The van der Waals surface area contributed by atoms with Crippen molar-refractivity contribution in [2.45, 2.75) is 6.42 Å². The molecule has 0 heterocycles. The highest BCUT2D eigenvalue weighted by Crippen LogP contribution is 2.21. The van der Waals surface area contributed by atoms with Crippen LogP contribution in [0.1, 0.15) is 15.9 Å². The van der Waals surface area contributed by atoms with E-state index in [0.29, 0.717) is 12.2 Å². The van der Waals surface area contributed by atoms with E-state index in [0.717, 1.165) is 29.0 Å². The smallest absolute Gasteiger partial charge is 0.329 e. The van der Waals surface area contributed by atoms with Gasteiger partial charge in [-0.1, -0.05) is 52.8 Å². The number of esters is 1. The zero-order valence-corrected chi connectivity index (χ0v) is 15.0. The summed E-state index contributed by atoms with van der Waals surface area (Å²) in [5.41, 5.74) is 1.84. The van der Waals surface area contributed by atoms with E-state index in [2.05, 4.69) is 39.4 Å². The van der Waals surface area contributed by atoms with Gasteiger partial charge < -0.3 is 9.47 Å². The first-order valence-electron chi connectivity index (χ1n) is 7.22. The summed E-state index contributed by atoms with van der Waals surface area (Å²) in [4.78, 5) is 20.6. The lowest BCUT2D eigenvalue weighted by Gasteiger charge is -2.07. The lowest BCUT2D eigenvalue weighted by atomic mass is 10.2. The van der Waals surface area contributed by atoms with Gasteiger partial charge in [0.1, 0.15) is 5.75 Å². The van der Waals surface area contributed by atoms with E-state index >= 15 is 0 Å². The summed E-state index contributed by atoms with van der Waals surface area (Å²) < 4.78 is 10.6. The predicted octanol–water partition coefficient (Wildman–Crippen LogP) is 4.23. The Hall–Kier alpha value is -2.40. The lowest BCUT2D eigenvalue weighted by molar-refractivity contribution is -0.134. The maximum Gasteiger partial charge on any atom is 0.329 e. The molecule has 0 aliphatic carbocycles. The number of carbonyl (C=O) groups is 2. The highest BCUT2D eigenvalue weighted by atomic mass is 79.9. The molecular weight excluding hydrogens is 372 g/mol. The van der Waals surface area contributed by atoms with Gasteiger partial charge in [0, 0.05) is 22.5 Å². The SMILES string of the molecule is C=CC(=O)OC.O=Cc1cc(OCCc2ccccc2)ccc1Br. The first kappa shape index (κ1) is 19.6. The molecule has 0 radical (unpaired) electrons. The number of hydrogen-bond donors (Lipinski definition) is 0. The number of benzene rings is 2. The molecule has 0 saturated carbocycles. The molecule has 126 valence electrons. The first-order chi connectivity index (χ1) is 11.6. The van der Waals surface area contributed by atoms with Gasteiger partial charge in [-0.05, 0) is 23.8 Å². The van der Waals surface area contributed by atoms with Gasteiger partial charge in [-0.15, -0.1) is 0 Å². The Balaban J connectivity index is 0.000000413. The number of rotatable bonds is 6. The molecule has 0 aliphatic rings. The number of halogens is 1. The third-order valence-electron chi connectivity index (χ3n) is 2.96. The van der Waals surface area contributed by atoms with Crippen molar-refractivity contribution in [3.05, 3.63) is 76.8 Å². The molecule has 0 N–H and O–H groups in total. The maximum absolute atomic E-state index is 10.8. The van der Waals surface area contributed by atoms with E-state index in [-0.39, 0.29) is 0 Å². The van der Waals surface area contributed by atoms with Crippen LogP contribution >= 0.6 is 15.9 Å². The van der Waals surface area contributed by atoms with E-state index in [1.165, 1.54) is 12.7 Å². The normalized spacial score (nSPS) is 9.25. The van der Waals surface area contributed by atoms with Crippen LogP contribution in [0.2, 0.25) is 0 Å². The van der Waals surface area contributed by atoms with Gasteiger partial charge in [-0.2, -0.15) is 0 Å². The third-order valence-corrected chi connectivity index (χ3v) is 3.69. The van der Waals surface area contributed by atoms with E-state index in [1.807, 2.05) is 30.3 Å². The topological polar surface area (TPSA) is 52.6 Å². The van der Waals surface area contributed by atoms with Crippen LogP contribution < -0.4 is 4.74 Å². The van der Waals surface area contributed by atoms with Crippen molar-refractivity contribution < 1.29 is 19.1 Å². The zero-order valence-electron chi connectivity index (χ0n) is 13.4.